The van der Waals surface area contributed by atoms with Crippen molar-refractivity contribution in [1.82, 2.24) is 10.2 Å². The molecule has 0 radical (unpaired) electrons. The molecule has 2 amide bonds. The largest absolute Gasteiger partial charge is 0.497 e. The normalized spacial score (nSPS) is 11.9. The number of carbonyl (C=O) groups excluding carboxylic acids is 2. The van der Waals surface area contributed by atoms with Crippen LogP contribution in [0, 0.1) is 13.8 Å². The fourth-order valence-electron chi connectivity index (χ4n) is 3.98. The topological polar surface area (TPSA) is 96.0 Å². The Hall–Kier alpha value is -3.85. The maximum atomic E-state index is 13.9. The van der Waals surface area contributed by atoms with Crippen LogP contribution in [0.4, 0.5) is 5.69 Å². The van der Waals surface area contributed by atoms with Gasteiger partial charge in [-0.05, 0) is 69.2 Å². The van der Waals surface area contributed by atoms with E-state index >= 15 is 0 Å². The highest BCUT2D eigenvalue weighted by Crippen LogP contribution is 2.26. The molecule has 0 heterocycles. The Morgan fingerprint density at radius 1 is 0.897 bits per heavy atom. The molecule has 0 aliphatic rings. The van der Waals surface area contributed by atoms with Gasteiger partial charge in [0, 0.05) is 13.1 Å². The van der Waals surface area contributed by atoms with Crippen molar-refractivity contribution >= 4 is 27.5 Å². The molecule has 0 unspecified atom stereocenters. The van der Waals surface area contributed by atoms with Gasteiger partial charge in [0.15, 0.2) is 0 Å². The molecule has 0 aromatic heterocycles. The average Bonchev–Trinajstić information content (AvgIpc) is 2.94. The number of aryl methyl sites for hydroxylation is 2. The van der Waals surface area contributed by atoms with Crippen LogP contribution in [0.25, 0.3) is 0 Å². The third kappa shape index (κ3) is 7.60. The lowest BCUT2D eigenvalue weighted by molar-refractivity contribution is -0.139. The van der Waals surface area contributed by atoms with Crippen molar-refractivity contribution < 1.29 is 22.7 Å². The van der Waals surface area contributed by atoms with Crippen LogP contribution in [-0.2, 0) is 26.2 Å². The molecule has 0 fully saturated rings. The second kappa shape index (κ2) is 13.3. The zero-order valence-electron chi connectivity index (χ0n) is 23.2. The highest BCUT2D eigenvalue weighted by molar-refractivity contribution is 7.92. The van der Waals surface area contributed by atoms with E-state index in [1.54, 1.807) is 43.3 Å². The zero-order valence-corrected chi connectivity index (χ0v) is 24.0. The summed E-state index contributed by atoms with van der Waals surface area (Å²) in [6, 6.07) is 19.8. The maximum Gasteiger partial charge on any atom is 0.264 e. The molecule has 0 saturated carbocycles. The Morgan fingerprint density at radius 2 is 1.46 bits per heavy atom. The number of hydrogen-bond donors (Lipinski definition) is 1. The number of amides is 2. The highest BCUT2D eigenvalue weighted by atomic mass is 32.2. The molecule has 1 N–H and O–H groups in total. The molecule has 0 saturated heterocycles. The second-order valence-corrected chi connectivity index (χ2v) is 11.4. The lowest BCUT2D eigenvalue weighted by Gasteiger charge is -2.32. The minimum atomic E-state index is -4.13. The molecular weight excluding hydrogens is 514 g/mol. The van der Waals surface area contributed by atoms with Crippen molar-refractivity contribution in [2.24, 2.45) is 0 Å². The summed E-state index contributed by atoms with van der Waals surface area (Å²) in [6.45, 7) is 7.64. The van der Waals surface area contributed by atoms with Crippen molar-refractivity contribution in [3.63, 3.8) is 0 Å². The molecule has 1 atom stereocenters. The van der Waals surface area contributed by atoms with Crippen LogP contribution in [0.5, 0.6) is 5.75 Å². The van der Waals surface area contributed by atoms with Gasteiger partial charge in [0.05, 0.1) is 17.7 Å². The average molecular weight is 552 g/mol. The number of benzene rings is 3. The fourth-order valence-corrected chi connectivity index (χ4v) is 5.40. The minimum absolute atomic E-state index is 0.0236. The van der Waals surface area contributed by atoms with Gasteiger partial charge >= 0.3 is 0 Å². The Kier molecular flexibility index (Phi) is 10.1. The first kappa shape index (κ1) is 29.7. The van der Waals surface area contributed by atoms with Crippen molar-refractivity contribution in [3.05, 3.63) is 89.5 Å². The summed E-state index contributed by atoms with van der Waals surface area (Å²) in [4.78, 5) is 28.3. The monoisotopic (exact) mass is 551 g/mol. The SMILES string of the molecule is CCCNC(=O)[C@@H](C)N(Cc1ccc(C)cc1)C(=O)CN(c1ccc(C)cc1)S(=O)(=O)c1ccc(OC)cc1. The number of anilines is 1. The van der Waals surface area contributed by atoms with E-state index in [2.05, 4.69) is 5.32 Å². The second-order valence-electron chi connectivity index (χ2n) is 9.50. The van der Waals surface area contributed by atoms with Gasteiger partial charge < -0.3 is 15.0 Å². The summed E-state index contributed by atoms with van der Waals surface area (Å²) in [6.07, 6.45) is 0.756. The number of hydrogen-bond acceptors (Lipinski definition) is 5. The standard InChI is InChI=1S/C30H37N3O5S/c1-6-19-31-30(35)24(4)32(20-25-11-7-22(2)8-12-25)29(34)21-33(26-13-9-23(3)10-14-26)39(36,37)28-17-15-27(38-5)16-18-28/h7-18,24H,6,19-21H2,1-5H3,(H,31,35)/t24-/m1/s1. The van der Waals surface area contributed by atoms with E-state index in [1.807, 2.05) is 45.0 Å². The quantitative estimate of drug-likeness (QED) is 0.359. The molecule has 0 spiro atoms. The summed E-state index contributed by atoms with van der Waals surface area (Å²) in [5.74, 6) is -0.271. The number of carbonyl (C=O) groups is 2. The van der Waals surface area contributed by atoms with Crippen LogP contribution < -0.4 is 14.4 Å². The minimum Gasteiger partial charge on any atom is -0.497 e. The van der Waals surface area contributed by atoms with E-state index in [9.17, 15) is 18.0 Å². The van der Waals surface area contributed by atoms with E-state index in [0.717, 1.165) is 27.4 Å². The molecule has 9 heteroatoms. The Bertz CT molecular complexity index is 1360. The lowest BCUT2D eigenvalue weighted by atomic mass is 10.1. The molecule has 8 nitrogen and oxygen atoms in total. The van der Waals surface area contributed by atoms with Crippen molar-refractivity contribution in [2.45, 2.75) is 51.6 Å². The first-order valence-electron chi connectivity index (χ1n) is 12.9. The number of nitrogens with one attached hydrogen (secondary N) is 1. The lowest BCUT2D eigenvalue weighted by Crippen LogP contribution is -2.51. The first-order chi connectivity index (χ1) is 18.6. The van der Waals surface area contributed by atoms with E-state index in [0.29, 0.717) is 18.0 Å². The third-order valence-electron chi connectivity index (χ3n) is 6.44. The van der Waals surface area contributed by atoms with Gasteiger partial charge in [-0.1, -0.05) is 54.4 Å². The summed E-state index contributed by atoms with van der Waals surface area (Å²) in [5.41, 5.74) is 3.21. The van der Waals surface area contributed by atoms with Crippen LogP contribution in [0.1, 0.15) is 37.0 Å². The number of nitrogens with zero attached hydrogens (tertiary/aromatic N) is 2. The zero-order chi connectivity index (χ0) is 28.6. The van der Waals surface area contributed by atoms with Crippen LogP contribution in [-0.4, -0.2) is 51.4 Å². The van der Waals surface area contributed by atoms with E-state index in [1.165, 1.54) is 24.1 Å². The van der Waals surface area contributed by atoms with Gasteiger partial charge in [-0.3, -0.25) is 13.9 Å². The summed E-state index contributed by atoms with van der Waals surface area (Å²) in [7, 11) is -2.63. The van der Waals surface area contributed by atoms with Gasteiger partial charge in [-0.15, -0.1) is 0 Å². The van der Waals surface area contributed by atoms with Gasteiger partial charge in [0.25, 0.3) is 10.0 Å². The fraction of sp³-hybridized carbons (Fsp3) is 0.333. The van der Waals surface area contributed by atoms with Crippen LogP contribution >= 0.6 is 0 Å². The molecule has 0 aliphatic carbocycles. The molecule has 3 aromatic carbocycles. The van der Waals surface area contributed by atoms with Gasteiger partial charge in [-0.25, -0.2) is 8.42 Å². The van der Waals surface area contributed by atoms with Crippen LogP contribution in [0.15, 0.2) is 77.7 Å². The van der Waals surface area contributed by atoms with E-state index < -0.39 is 28.5 Å². The number of rotatable bonds is 12. The molecule has 208 valence electrons. The smallest absolute Gasteiger partial charge is 0.264 e. The van der Waals surface area contributed by atoms with Crippen LogP contribution in [0.3, 0.4) is 0 Å². The Balaban J connectivity index is 2.00. The number of methoxy groups -OCH3 is 1. The highest BCUT2D eigenvalue weighted by Gasteiger charge is 2.32. The maximum absolute atomic E-state index is 13.9. The first-order valence-corrected chi connectivity index (χ1v) is 14.4. The predicted molar refractivity (Wildman–Crippen MR) is 153 cm³/mol. The summed E-state index contributed by atoms with van der Waals surface area (Å²) in [5, 5.41) is 2.84. The molecule has 39 heavy (non-hydrogen) atoms. The van der Waals surface area contributed by atoms with Gasteiger partial charge in [0.1, 0.15) is 18.3 Å². The predicted octanol–water partition coefficient (Wildman–Crippen LogP) is 4.45. The van der Waals surface area contributed by atoms with Crippen LogP contribution in [0.2, 0.25) is 0 Å². The van der Waals surface area contributed by atoms with Gasteiger partial charge in [0.2, 0.25) is 11.8 Å². The summed E-state index contributed by atoms with van der Waals surface area (Å²) < 4.78 is 34.0. The number of sulfonamides is 1. The Morgan fingerprint density at radius 3 is 2.00 bits per heavy atom. The summed E-state index contributed by atoms with van der Waals surface area (Å²) >= 11 is 0. The molecule has 3 rings (SSSR count). The van der Waals surface area contributed by atoms with E-state index in [4.69, 9.17) is 4.74 Å². The van der Waals surface area contributed by atoms with E-state index in [-0.39, 0.29) is 17.3 Å². The van der Waals surface area contributed by atoms with Crippen molar-refractivity contribution in [3.8, 4) is 5.75 Å². The molecule has 0 aliphatic heterocycles. The molecular formula is C30H37N3O5S. The van der Waals surface area contributed by atoms with Crippen molar-refractivity contribution in [2.75, 3.05) is 24.5 Å². The number of ether oxygens (including phenoxy) is 1. The van der Waals surface area contributed by atoms with Crippen molar-refractivity contribution in [1.29, 1.82) is 0 Å². The Labute approximate surface area is 231 Å². The molecule has 0 bridgehead atoms. The molecule has 3 aromatic rings. The van der Waals surface area contributed by atoms with Gasteiger partial charge in [-0.2, -0.15) is 0 Å². The third-order valence-corrected chi connectivity index (χ3v) is 8.23.